The van der Waals surface area contributed by atoms with Gasteiger partial charge < -0.3 is 19.2 Å². The Balaban J connectivity index is 1.41. The lowest BCUT2D eigenvalue weighted by Crippen LogP contribution is -2.37. The van der Waals surface area contributed by atoms with Crippen molar-refractivity contribution in [1.29, 1.82) is 0 Å². The maximum Gasteiger partial charge on any atom is 0.337 e. The number of thiophene rings is 1. The minimum absolute atomic E-state index is 0.0267. The topological polar surface area (TPSA) is 94.8 Å². The quantitative estimate of drug-likeness (QED) is 0.294. The second-order valence-electron chi connectivity index (χ2n) is 9.97. The van der Waals surface area contributed by atoms with Crippen LogP contribution in [-0.4, -0.2) is 18.9 Å². The van der Waals surface area contributed by atoms with Crippen molar-refractivity contribution in [2.24, 2.45) is 0 Å². The maximum atomic E-state index is 13.8. The van der Waals surface area contributed by atoms with Crippen molar-refractivity contribution < 1.29 is 23.5 Å². The van der Waals surface area contributed by atoms with Gasteiger partial charge in [0.1, 0.15) is 17.9 Å². The first-order chi connectivity index (χ1) is 19.4. The van der Waals surface area contributed by atoms with Crippen LogP contribution in [0.1, 0.15) is 47.6 Å². The Bertz CT molecular complexity index is 1730. The highest BCUT2D eigenvalue weighted by atomic mass is 32.1. The van der Waals surface area contributed by atoms with Crippen LogP contribution in [0.5, 0.6) is 5.75 Å². The number of carbonyl (C=O) groups excluding carboxylic acids is 2. The average molecular weight is 554 g/mol. The van der Waals surface area contributed by atoms with Crippen LogP contribution in [0.25, 0.3) is 11.0 Å². The fraction of sp³-hybridized carbons (Fsp3) is 0.219. The van der Waals surface area contributed by atoms with Crippen LogP contribution in [0, 0.1) is 0 Å². The number of nitrogens with one attached hydrogen (secondary N) is 1. The van der Waals surface area contributed by atoms with Crippen molar-refractivity contribution in [3.05, 3.63) is 121 Å². The number of dihydropyridines is 1. The van der Waals surface area contributed by atoms with Gasteiger partial charge in [0.2, 0.25) is 0 Å². The second kappa shape index (κ2) is 10.6. The molecule has 1 aliphatic carbocycles. The molecule has 40 heavy (non-hydrogen) atoms. The summed E-state index contributed by atoms with van der Waals surface area (Å²) in [5.41, 5.74) is 3.14. The molecule has 2 aliphatic rings. The number of rotatable bonds is 6. The Morgan fingerprint density at radius 3 is 2.60 bits per heavy atom. The molecule has 2 aromatic heterocycles. The lowest BCUT2D eigenvalue weighted by molar-refractivity contribution is -0.140. The van der Waals surface area contributed by atoms with Gasteiger partial charge in [0.15, 0.2) is 11.2 Å². The Kier molecular flexibility index (Phi) is 6.86. The van der Waals surface area contributed by atoms with E-state index in [-0.39, 0.29) is 34.9 Å². The zero-order valence-corrected chi connectivity index (χ0v) is 22.9. The molecule has 0 spiro atoms. The van der Waals surface area contributed by atoms with Crippen molar-refractivity contribution in [2.75, 3.05) is 7.11 Å². The molecule has 0 unspecified atom stereocenters. The van der Waals surface area contributed by atoms with Crippen molar-refractivity contribution in [1.82, 2.24) is 5.32 Å². The van der Waals surface area contributed by atoms with Gasteiger partial charge in [-0.2, -0.15) is 0 Å². The molecule has 3 heterocycles. The Labute approximate surface area is 234 Å². The van der Waals surface area contributed by atoms with Crippen LogP contribution in [0.3, 0.4) is 0 Å². The van der Waals surface area contributed by atoms with Crippen molar-refractivity contribution >= 4 is 34.1 Å². The molecule has 6 rings (SSSR count). The number of carbonyl (C=O) groups is 2. The summed E-state index contributed by atoms with van der Waals surface area (Å²) in [5.74, 6) is -0.874. The van der Waals surface area contributed by atoms with E-state index in [1.54, 1.807) is 61.8 Å². The molecule has 0 radical (unpaired) electrons. The van der Waals surface area contributed by atoms with E-state index in [0.717, 1.165) is 16.1 Å². The van der Waals surface area contributed by atoms with Gasteiger partial charge >= 0.3 is 5.97 Å². The van der Waals surface area contributed by atoms with E-state index >= 15 is 0 Å². The van der Waals surface area contributed by atoms with Crippen molar-refractivity contribution in [2.45, 2.75) is 38.2 Å². The third-order valence-corrected chi connectivity index (χ3v) is 8.57. The number of allylic oxidation sites excluding steroid dienone is 3. The molecule has 8 heteroatoms. The minimum Gasteiger partial charge on any atom is -0.497 e. The van der Waals surface area contributed by atoms with Crippen LogP contribution in [0.15, 0.2) is 104 Å². The van der Waals surface area contributed by atoms with Crippen LogP contribution < -0.4 is 15.5 Å². The number of fused-ring (bicyclic) bond motifs is 1. The van der Waals surface area contributed by atoms with Gasteiger partial charge in [0.25, 0.3) is 0 Å². The molecule has 0 saturated carbocycles. The van der Waals surface area contributed by atoms with Crippen LogP contribution >= 0.6 is 11.3 Å². The van der Waals surface area contributed by atoms with E-state index in [2.05, 4.69) is 5.32 Å². The van der Waals surface area contributed by atoms with Crippen molar-refractivity contribution in [3.8, 4) is 5.75 Å². The van der Waals surface area contributed by atoms with Crippen LogP contribution in [0.2, 0.25) is 0 Å². The molecule has 2 atom stereocenters. The number of hydrogen-bond acceptors (Lipinski definition) is 8. The van der Waals surface area contributed by atoms with Gasteiger partial charge in [-0.15, -0.1) is 11.3 Å². The first-order valence-electron chi connectivity index (χ1n) is 13.0. The Morgan fingerprint density at radius 1 is 1.05 bits per heavy atom. The standard InChI is InChI=1S/C32H27NO6S/c1-18-28(32(36)39-16-19-9-11-21(37-2)12-10-19)29(23-17-38-26-7-4-3-6-22(26)31(23)35)30-24(33-18)14-20(15-25(30)34)27-8-5-13-40-27/h3-13,17,20,29,33H,14-16H2,1-2H3/t20-,29-/m0/s1. The molecule has 7 nitrogen and oxygen atoms in total. The largest absolute Gasteiger partial charge is 0.497 e. The smallest absolute Gasteiger partial charge is 0.337 e. The Hall–Kier alpha value is -4.43. The van der Waals surface area contributed by atoms with Crippen LogP contribution in [0.4, 0.5) is 0 Å². The van der Waals surface area contributed by atoms with Gasteiger partial charge in [-0.25, -0.2) is 4.79 Å². The second-order valence-corrected chi connectivity index (χ2v) is 11.0. The summed E-state index contributed by atoms with van der Waals surface area (Å²) in [7, 11) is 1.59. The van der Waals surface area contributed by atoms with E-state index in [4.69, 9.17) is 13.9 Å². The van der Waals surface area contributed by atoms with Gasteiger partial charge in [-0.3, -0.25) is 9.59 Å². The highest BCUT2D eigenvalue weighted by Crippen LogP contribution is 2.46. The average Bonchev–Trinajstić information content (AvgIpc) is 3.51. The molecule has 4 aromatic rings. The molecule has 2 aromatic carbocycles. The van der Waals surface area contributed by atoms with E-state index in [1.807, 2.05) is 29.6 Å². The summed E-state index contributed by atoms with van der Waals surface area (Å²) in [6.45, 7) is 1.81. The molecule has 202 valence electrons. The predicted molar refractivity (Wildman–Crippen MR) is 152 cm³/mol. The van der Waals surface area contributed by atoms with E-state index in [1.165, 1.54) is 6.26 Å². The van der Waals surface area contributed by atoms with Gasteiger partial charge in [-0.1, -0.05) is 30.3 Å². The SMILES string of the molecule is COc1ccc(COC(=O)C2=C(C)NC3=C(C(=O)C[C@@H](c4cccs4)C3)[C@H]2c2coc3ccccc3c2=O)cc1. The highest BCUT2D eigenvalue weighted by molar-refractivity contribution is 7.10. The zero-order valence-electron chi connectivity index (χ0n) is 22.1. The third kappa shape index (κ3) is 4.64. The predicted octanol–water partition coefficient (Wildman–Crippen LogP) is 5.97. The summed E-state index contributed by atoms with van der Waals surface area (Å²) in [4.78, 5) is 42.4. The molecule has 0 saturated heterocycles. The highest BCUT2D eigenvalue weighted by Gasteiger charge is 2.43. The van der Waals surface area contributed by atoms with Crippen LogP contribution in [-0.2, 0) is 20.9 Å². The summed E-state index contributed by atoms with van der Waals surface area (Å²) < 4.78 is 16.8. The molecular formula is C32H27NO6S. The monoisotopic (exact) mass is 553 g/mol. The summed E-state index contributed by atoms with van der Waals surface area (Å²) >= 11 is 1.62. The number of hydrogen-bond donors (Lipinski definition) is 1. The maximum absolute atomic E-state index is 13.8. The van der Waals surface area contributed by atoms with E-state index < -0.39 is 11.9 Å². The number of ketones is 1. The summed E-state index contributed by atoms with van der Waals surface area (Å²) in [5, 5.41) is 5.73. The van der Waals surface area contributed by atoms with Gasteiger partial charge in [0.05, 0.1) is 30.3 Å². The lowest BCUT2D eigenvalue weighted by Gasteiger charge is -2.36. The van der Waals surface area contributed by atoms with Gasteiger partial charge in [-0.05, 0) is 54.6 Å². The number of benzene rings is 2. The number of methoxy groups -OCH3 is 1. The fourth-order valence-electron chi connectivity index (χ4n) is 5.59. The fourth-order valence-corrected chi connectivity index (χ4v) is 6.42. The van der Waals surface area contributed by atoms with E-state index in [0.29, 0.717) is 40.8 Å². The zero-order chi connectivity index (χ0) is 27.8. The van der Waals surface area contributed by atoms with Gasteiger partial charge in [0, 0.05) is 39.7 Å². The van der Waals surface area contributed by atoms with Crippen molar-refractivity contribution in [3.63, 3.8) is 0 Å². The number of Topliss-reactive ketones (excluding diaryl/α,β-unsaturated/α-hetero) is 1. The minimum atomic E-state index is -0.905. The molecule has 0 amide bonds. The molecule has 1 N–H and O–H groups in total. The summed E-state index contributed by atoms with van der Waals surface area (Å²) in [6, 6.07) is 18.2. The molecule has 1 aliphatic heterocycles. The number of ether oxygens (including phenoxy) is 2. The molecule has 0 fully saturated rings. The summed E-state index contributed by atoms with van der Waals surface area (Å²) in [6.07, 6.45) is 2.28. The van der Waals surface area contributed by atoms with E-state index in [9.17, 15) is 14.4 Å². The number of esters is 1. The first kappa shape index (κ1) is 25.8. The lowest BCUT2D eigenvalue weighted by atomic mass is 9.73. The third-order valence-electron chi connectivity index (χ3n) is 7.54. The Morgan fingerprint density at radius 2 is 1.85 bits per heavy atom. The normalized spacial score (nSPS) is 18.9. The first-order valence-corrected chi connectivity index (χ1v) is 13.9. The molecule has 0 bridgehead atoms. The number of para-hydroxylation sites is 1. The molecular weight excluding hydrogens is 526 g/mol.